The number of carbonyl (C=O) groups excluding carboxylic acids is 1. The summed E-state index contributed by atoms with van der Waals surface area (Å²) in [6.45, 7) is 6.55. The molecule has 0 saturated heterocycles. The maximum atomic E-state index is 13.3. The fraction of sp³-hybridized carbons (Fsp3) is 0.345. The normalized spacial score (nSPS) is 13.7. The van der Waals surface area contributed by atoms with Gasteiger partial charge in [0.25, 0.3) is 0 Å². The van der Waals surface area contributed by atoms with E-state index in [0.29, 0.717) is 48.0 Å². The average molecular weight is 551 g/mol. The van der Waals surface area contributed by atoms with Crippen LogP contribution in [0.5, 0.6) is 0 Å². The van der Waals surface area contributed by atoms with E-state index in [1.165, 1.54) is 6.07 Å². The highest BCUT2D eigenvalue weighted by Gasteiger charge is 2.31. The summed E-state index contributed by atoms with van der Waals surface area (Å²) < 4.78 is 47.3. The summed E-state index contributed by atoms with van der Waals surface area (Å²) in [6.07, 6.45) is 1.00. The molecule has 4 heterocycles. The van der Waals surface area contributed by atoms with Crippen molar-refractivity contribution >= 4 is 6.09 Å². The smallest absolute Gasteiger partial charge is 0.416 e. The molecule has 11 heteroatoms. The Labute approximate surface area is 229 Å². The third kappa shape index (κ3) is 6.47. The van der Waals surface area contributed by atoms with Gasteiger partial charge >= 0.3 is 12.3 Å². The van der Waals surface area contributed by atoms with Gasteiger partial charge in [-0.3, -0.25) is 9.67 Å². The highest BCUT2D eigenvalue weighted by Crippen LogP contribution is 2.31. The van der Waals surface area contributed by atoms with Crippen LogP contribution < -0.4 is 0 Å². The number of alkyl halides is 3. The predicted octanol–water partition coefficient (Wildman–Crippen LogP) is 5.69. The van der Waals surface area contributed by atoms with Gasteiger partial charge in [0.1, 0.15) is 17.1 Å². The third-order valence-corrected chi connectivity index (χ3v) is 6.33. The molecule has 0 radical (unpaired) electrons. The van der Waals surface area contributed by atoms with Crippen LogP contribution in [0.2, 0.25) is 0 Å². The van der Waals surface area contributed by atoms with E-state index in [1.54, 1.807) is 48.8 Å². The van der Waals surface area contributed by atoms with Crippen molar-refractivity contribution in [3.63, 3.8) is 0 Å². The van der Waals surface area contributed by atoms with E-state index in [0.717, 1.165) is 23.3 Å². The summed E-state index contributed by atoms with van der Waals surface area (Å²) in [6, 6.07) is 10.8. The van der Waals surface area contributed by atoms with Crippen molar-refractivity contribution in [2.75, 3.05) is 6.54 Å². The zero-order chi connectivity index (χ0) is 28.5. The molecule has 5 rings (SSSR count). The summed E-state index contributed by atoms with van der Waals surface area (Å²) in [4.78, 5) is 28.0. The van der Waals surface area contributed by atoms with E-state index in [4.69, 9.17) is 19.8 Å². The number of nitrogens with zero attached hydrogens (tertiary/aromatic N) is 6. The van der Waals surface area contributed by atoms with Crippen molar-refractivity contribution < 1.29 is 22.7 Å². The maximum Gasteiger partial charge on any atom is 0.416 e. The molecule has 3 aromatic heterocycles. The van der Waals surface area contributed by atoms with Gasteiger partial charge in [0.05, 0.1) is 30.0 Å². The molecule has 208 valence electrons. The first-order valence-electron chi connectivity index (χ1n) is 12.9. The summed E-state index contributed by atoms with van der Waals surface area (Å²) >= 11 is 0. The van der Waals surface area contributed by atoms with Gasteiger partial charge in [-0.25, -0.2) is 14.8 Å². The molecule has 0 N–H and O–H groups in total. The van der Waals surface area contributed by atoms with Gasteiger partial charge in [0.2, 0.25) is 0 Å². The number of benzene rings is 1. The molecular weight excluding hydrogens is 521 g/mol. The Morgan fingerprint density at radius 2 is 1.85 bits per heavy atom. The maximum absolute atomic E-state index is 13.3. The highest BCUT2D eigenvalue weighted by atomic mass is 19.4. The summed E-state index contributed by atoms with van der Waals surface area (Å²) in [5, 5.41) is 4.73. The molecule has 0 spiro atoms. The summed E-state index contributed by atoms with van der Waals surface area (Å²) in [5.74, 6) is 0.348. The van der Waals surface area contributed by atoms with Crippen molar-refractivity contribution in [2.24, 2.45) is 0 Å². The second-order valence-electron chi connectivity index (χ2n) is 10.7. The molecule has 0 bridgehead atoms. The fourth-order valence-corrected chi connectivity index (χ4v) is 4.55. The number of carbonyl (C=O) groups is 1. The zero-order valence-electron chi connectivity index (χ0n) is 22.4. The van der Waals surface area contributed by atoms with Crippen LogP contribution in [0, 0.1) is 0 Å². The van der Waals surface area contributed by atoms with Crippen LogP contribution in [0.25, 0.3) is 11.4 Å². The Balaban J connectivity index is 1.50. The molecule has 1 amide bonds. The molecule has 1 aliphatic rings. The molecule has 1 aliphatic heterocycles. The first-order valence-corrected chi connectivity index (χ1v) is 12.9. The van der Waals surface area contributed by atoms with Crippen molar-refractivity contribution in [2.45, 2.75) is 58.5 Å². The van der Waals surface area contributed by atoms with Crippen LogP contribution in [-0.2, 0) is 36.8 Å². The number of ether oxygens (including phenoxy) is 1. The molecule has 4 aromatic rings. The molecule has 0 saturated carbocycles. The summed E-state index contributed by atoms with van der Waals surface area (Å²) in [7, 11) is 0. The summed E-state index contributed by atoms with van der Waals surface area (Å²) in [5.41, 5.74) is 2.77. The third-order valence-electron chi connectivity index (χ3n) is 6.33. The van der Waals surface area contributed by atoms with E-state index in [1.807, 2.05) is 24.4 Å². The molecule has 0 fully saturated rings. The lowest BCUT2D eigenvalue weighted by Crippen LogP contribution is -2.40. The molecule has 0 unspecified atom stereocenters. The Morgan fingerprint density at radius 3 is 2.58 bits per heavy atom. The number of rotatable bonds is 5. The molecule has 0 aliphatic carbocycles. The van der Waals surface area contributed by atoms with E-state index in [-0.39, 0.29) is 13.0 Å². The highest BCUT2D eigenvalue weighted by molar-refractivity contribution is 5.69. The van der Waals surface area contributed by atoms with Crippen LogP contribution in [0.4, 0.5) is 18.0 Å². The first kappa shape index (κ1) is 27.3. The fourth-order valence-electron chi connectivity index (χ4n) is 4.55. The number of pyridine rings is 1. The number of fused-ring (bicyclic) bond motifs is 1. The molecule has 0 atom stereocenters. The Bertz CT molecular complexity index is 1510. The molecular formula is C29H29F3N6O2. The second kappa shape index (κ2) is 10.7. The van der Waals surface area contributed by atoms with E-state index in [2.05, 4.69) is 4.98 Å². The monoisotopic (exact) mass is 550 g/mol. The number of halogens is 3. The van der Waals surface area contributed by atoms with Gasteiger partial charge in [0.15, 0.2) is 0 Å². The van der Waals surface area contributed by atoms with E-state index < -0.39 is 23.4 Å². The van der Waals surface area contributed by atoms with Crippen LogP contribution in [0.15, 0.2) is 61.1 Å². The van der Waals surface area contributed by atoms with Gasteiger partial charge < -0.3 is 9.64 Å². The largest absolute Gasteiger partial charge is 0.444 e. The van der Waals surface area contributed by atoms with Gasteiger partial charge in [0, 0.05) is 37.1 Å². The van der Waals surface area contributed by atoms with Crippen molar-refractivity contribution in [1.29, 1.82) is 0 Å². The lowest BCUT2D eigenvalue weighted by molar-refractivity contribution is -0.137. The van der Waals surface area contributed by atoms with Crippen molar-refractivity contribution in [1.82, 2.24) is 29.6 Å². The quantitative estimate of drug-likeness (QED) is 0.318. The van der Waals surface area contributed by atoms with Crippen molar-refractivity contribution in [3.8, 4) is 11.4 Å². The van der Waals surface area contributed by atoms with Gasteiger partial charge in [-0.05, 0) is 56.5 Å². The number of hydrogen-bond donors (Lipinski definition) is 0. The first-order chi connectivity index (χ1) is 18.9. The standard InChI is InChI=1S/C29H29F3N6O2/c1-28(2,3)40-27(39)37-12-9-22-24(18-37)34-25(15-19-6-4-8-21(14-19)29(30,31)32)35-26(22)23-10-13-38(36-23)17-20-7-5-11-33-16-20/h4-8,10-11,13-14,16H,9,12,15,17-18H2,1-3H3. The number of amides is 1. The van der Waals surface area contributed by atoms with Gasteiger partial charge in [-0.1, -0.05) is 24.3 Å². The van der Waals surface area contributed by atoms with E-state index >= 15 is 0 Å². The van der Waals surface area contributed by atoms with Crippen LogP contribution in [0.3, 0.4) is 0 Å². The Morgan fingerprint density at radius 1 is 1.05 bits per heavy atom. The van der Waals surface area contributed by atoms with Crippen LogP contribution >= 0.6 is 0 Å². The van der Waals surface area contributed by atoms with Crippen molar-refractivity contribution in [3.05, 3.63) is 94.8 Å². The number of aromatic nitrogens is 5. The topological polar surface area (TPSA) is 86.0 Å². The minimum absolute atomic E-state index is 0.0903. The Hall–Kier alpha value is -4.28. The molecule has 1 aromatic carbocycles. The lowest BCUT2D eigenvalue weighted by Gasteiger charge is -2.31. The minimum Gasteiger partial charge on any atom is -0.444 e. The lowest BCUT2D eigenvalue weighted by atomic mass is 10.0. The SMILES string of the molecule is CC(C)(C)OC(=O)N1CCc2c(nc(Cc3cccc(C(F)(F)F)c3)nc2-c2ccn(Cc3cccnc3)n2)C1. The van der Waals surface area contributed by atoms with Gasteiger partial charge in [-0.2, -0.15) is 18.3 Å². The van der Waals surface area contributed by atoms with Gasteiger partial charge in [-0.15, -0.1) is 0 Å². The van der Waals surface area contributed by atoms with E-state index in [9.17, 15) is 18.0 Å². The van der Waals surface area contributed by atoms with Crippen LogP contribution in [0.1, 0.15) is 54.5 Å². The zero-order valence-corrected chi connectivity index (χ0v) is 22.4. The Kier molecular flexibility index (Phi) is 7.31. The minimum atomic E-state index is -4.45. The van der Waals surface area contributed by atoms with Crippen LogP contribution in [-0.4, -0.2) is 47.9 Å². The average Bonchev–Trinajstić information content (AvgIpc) is 3.35. The molecule has 40 heavy (non-hydrogen) atoms. The number of hydrogen-bond acceptors (Lipinski definition) is 6. The molecule has 8 nitrogen and oxygen atoms in total. The predicted molar refractivity (Wildman–Crippen MR) is 141 cm³/mol. The second-order valence-corrected chi connectivity index (χ2v) is 10.7.